The Bertz CT molecular complexity index is 737. The predicted molar refractivity (Wildman–Crippen MR) is 81.6 cm³/mol. The highest BCUT2D eigenvalue weighted by molar-refractivity contribution is 7.89. The molecule has 0 radical (unpaired) electrons. The third-order valence-electron chi connectivity index (χ3n) is 3.75. The molecule has 3 rings (SSSR count). The second-order valence-electron chi connectivity index (χ2n) is 5.09. The summed E-state index contributed by atoms with van der Waals surface area (Å²) in [4.78, 5) is 0.356. The van der Waals surface area contributed by atoms with Crippen LogP contribution in [0.15, 0.2) is 41.3 Å². The normalized spacial score (nSPS) is 17.4. The van der Waals surface area contributed by atoms with Gasteiger partial charge in [0, 0.05) is 23.5 Å². The molecule has 106 valence electrons. The Morgan fingerprint density at radius 2 is 1.75 bits per heavy atom. The van der Waals surface area contributed by atoms with Crippen LogP contribution in [0, 0.1) is 0 Å². The minimum Gasteiger partial charge on any atom is -0.207 e. The van der Waals surface area contributed by atoms with Crippen LogP contribution in [-0.2, 0) is 10.0 Å². The smallest absolute Gasteiger partial charge is 0.207 e. The van der Waals surface area contributed by atoms with Gasteiger partial charge in [-0.2, -0.15) is 4.31 Å². The highest BCUT2D eigenvalue weighted by Crippen LogP contribution is 2.27. The number of hydrogen-bond donors (Lipinski definition) is 0. The van der Waals surface area contributed by atoms with Crippen molar-refractivity contribution in [3.63, 3.8) is 0 Å². The number of piperidine rings is 1. The standard InChI is InChI=1S/C15H16ClNO2S/c16-15-6-4-5-12-11-13(7-8-14(12)15)20(18,19)17-9-2-1-3-10-17/h4-8,11H,1-3,9-10H2. The predicted octanol–water partition coefficient (Wildman–Crippen LogP) is 3.67. The highest BCUT2D eigenvalue weighted by Gasteiger charge is 2.25. The van der Waals surface area contributed by atoms with Crippen LogP contribution < -0.4 is 0 Å². The van der Waals surface area contributed by atoms with Gasteiger partial charge in [-0.3, -0.25) is 0 Å². The summed E-state index contributed by atoms with van der Waals surface area (Å²) in [6.45, 7) is 1.24. The molecule has 0 bridgehead atoms. The molecule has 0 aromatic heterocycles. The molecular formula is C15H16ClNO2S. The molecule has 2 aromatic rings. The quantitative estimate of drug-likeness (QED) is 0.849. The number of hydrogen-bond acceptors (Lipinski definition) is 2. The lowest BCUT2D eigenvalue weighted by molar-refractivity contribution is 0.346. The van der Waals surface area contributed by atoms with Crippen LogP contribution in [0.3, 0.4) is 0 Å². The average molecular weight is 310 g/mol. The van der Waals surface area contributed by atoms with Gasteiger partial charge in [-0.1, -0.05) is 36.2 Å². The van der Waals surface area contributed by atoms with Crippen molar-refractivity contribution < 1.29 is 8.42 Å². The van der Waals surface area contributed by atoms with E-state index in [2.05, 4.69) is 0 Å². The van der Waals surface area contributed by atoms with E-state index in [1.807, 2.05) is 18.2 Å². The Labute approximate surface area is 124 Å². The molecule has 0 saturated carbocycles. The van der Waals surface area contributed by atoms with Crippen molar-refractivity contribution in [1.29, 1.82) is 0 Å². The summed E-state index contributed by atoms with van der Waals surface area (Å²) >= 11 is 6.11. The van der Waals surface area contributed by atoms with E-state index in [-0.39, 0.29) is 0 Å². The second kappa shape index (κ2) is 5.35. The van der Waals surface area contributed by atoms with Gasteiger partial charge >= 0.3 is 0 Å². The van der Waals surface area contributed by atoms with Crippen LogP contribution in [0.4, 0.5) is 0 Å². The summed E-state index contributed by atoms with van der Waals surface area (Å²) in [7, 11) is -3.38. The minimum absolute atomic E-state index is 0.356. The fourth-order valence-corrected chi connectivity index (χ4v) is 4.43. The van der Waals surface area contributed by atoms with Crippen LogP contribution in [0.5, 0.6) is 0 Å². The van der Waals surface area contributed by atoms with Crippen LogP contribution >= 0.6 is 11.6 Å². The van der Waals surface area contributed by atoms with Crippen molar-refractivity contribution >= 4 is 32.4 Å². The topological polar surface area (TPSA) is 37.4 Å². The van der Waals surface area contributed by atoms with E-state index in [0.717, 1.165) is 30.0 Å². The van der Waals surface area contributed by atoms with Crippen LogP contribution in [-0.4, -0.2) is 25.8 Å². The van der Waals surface area contributed by atoms with Crippen LogP contribution in [0.1, 0.15) is 19.3 Å². The Morgan fingerprint density at radius 3 is 2.50 bits per heavy atom. The van der Waals surface area contributed by atoms with Crippen molar-refractivity contribution in [2.75, 3.05) is 13.1 Å². The van der Waals surface area contributed by atoms with Crippen molar-refractivity contribution in [3.8, 4) is 0 Å². The van der Waals surface area contributed by atoms with Gasteiger partial charge in [0.2, 0.25) is 10.0 Å². The molecule has 0 atom stereocenters. The van der Waals surface area contributed by atoms with Gasteiger partial charge in [-0.25, -0.2) is 8.42 Å². The maximum Gasteiger partial charge on any atom is 0.243 e. The number of sulfonamides is 1. The molecule has 1 aliphatic rings. The van der Waals surface area contributed by atoms with E-state index < -0.39 is 10.0 Å². The fraction of sp³-hybridized carbons (Fsp3) is 0.333. The lowest BCUT2D eigenvalue weighted by Crippen LogP contribution is -2.35. The van der Waals surface area contributed by atoms with Gasteiger partial charge in [-0.15, -0.1) is 0 Å². The zero-order valence-corrected chi connectivity index (χ0v) is 12.6. The SMILES string of the molecule is O=S(=O)(c1ccc2c(Cl)cccc2c1)N1CCCCC1. The summed E-state index contributed by atoms with van der Waals surface area (Å²) in [6.07, 6.45) is 3.00. The fourth-order valence-electron chi connectivity index (χ4n) is 2.64. The molecule has 1 saturated heterocycles. The van der Waals surface area contributed by atoms with Crippen LogP contribution in [0.2, 0.25) is 5.02 Å². The molecule has 20 heavy (non-hydrogen) atoms. The lowest BCUT2D eigenvalue weighted by atomic mass is 10.1. The number of rotatable bonds is 2. The van der Waals surface area contributed by atoms with Gasteiger partial charge in [0.05, 0.1) is 4.90 Å². The van der Waals surface area contributed by atoms with E-state index in [4.69, 9.17) is 11.6 Å². The summed E-state index contributed by atoms with van der Waals surface area (Å²) in [5.41, 5.74) is 0. The van der Waals surface area contributed by atoms with Gasteiger partial charge in [0.1, 0.15) is 0 Å². The Hall–Kier alpha value is -1.10. The monoisotopic (exact) mass is 309 g/mol. The second-order valence-corrected chi connectivity index (χ2v) is 7.43. The zero-order valence-electron chi connectivity index (χ0n) is 11.0. The van der Waals surface area contributed by atoms with Crippen molar-refractivity contribution in [2.24, 2.45) is 0 Å². The third-order valence-corrected chi connectivity index (χ3v) is 5.98. The number of fused-ring (bicyclic) bond motifs is 1. The van der Waals surface area contributed by atoms with Crippen molar-refractivity contribution in [3.05, 3.63) is 41.4 Å². The van der Waals surface area contributed by atoms with Gasteiger partial charge in [0.25, 0.3) is 0 Å². The maximum atomic E-state index is 12.6. The third kappa shape index (κ3) is 2.43. The summed E-state index contributed by atoms with van der Waals surface area (Å²) < 4.78 is 26.8. The van der Waals surface area contributed by atoms with Crippen molar-refractivity contribution in [1.82, 2.24) is 4.31 Å². The van der Waals surface area contributed by atoms with E-state index in [0.29, 0.717) is 23.0 Å². The molecule has 0 amide bonds. The first kappa shape index (κ1) is 13.9. The zero-order chi connectivity index (χ0) is 14.2. The average Bonchev–Trinajstić information content (AvgIpc) is 2.48. The molecule has 1 heterocycles. The number of benzene rings is 2. The minimum atomic E-state index is -3.38. The largest absolute Gasteiger partial charge is 0.243 e. The molecule has 0 N–H and O–H groups in total. The number of nitrogens with zero attached hydrogens (tertiary/aromatic N) is 1. The van der Waals surface area contributed by atoms with Crippen molar-refractivity contribution in [2.45, 2.75) is 24.2 Å². The molecular weight excluding hydrogens is 294 g/mol. The molecule has 3 nitrogen and oxygen atoms in total. The maximum absolute atomic E-state index is 12.6. The summed E-state index contributed by atoms with van der Waals surface area (Å²) in [5.74, 6) is 0. The molecule has 0 spiro atoms. The highest BCUT2D eigenvalue weighted by atomic mass is 35.5. The molecule has 0 aliphatic carbocycles. The summed E-state index contributed by atoms with van der Waals surface area (Å²) in [5, 5.41) is 2.38. The van der Waals surface area contributed by atoms with E-state index >= 15 is 0 Å². The van der Waals surface area contributed by atoms with Gasteiger partial charge < -0.3 is 0 Å². The Kier molecular flexibility index (Phi) is 3.71. The molecule has 1 fully saturated rings. The first-order chi connectivity index (χ1) is 9.59. The lowest BCUT2D eigenvalue weighted by Gasteiger charge is -2.26. The Morgan fingerprint density at radius 1 is 1.00 bits per heavy atom. The Balaban J connectivity index is 2.05. The van der Waals surface area contributed by atoms with Gasteiger partial charge in [0.15, 0.2) is 0 Å². The van der Waals surface area contributed by atoms with Crippen LogP contribution in [0.25, 0.3) is 10.8 Å². The van der Waals surface area contributed by atoms with E-state index in [1.54, 1.807) is 22.5 Å². The van der Waals surface area contributed by atoms with Gasteiger partial charge in [-0.05, 0) is 36.4 Å². The molecule has 2 aromatic carbocycles. The molecule has 5 heteroatoms. The van der Waals surface area contributed by atoms with E-state index in [1.165, 1.54) is 0 Å². The summed E-state index contributed by atoms with van der Waals surface area (Å²) in [6, 6.07) is 10.7. The van der Waals surface area contributed by atoms with E-state index in [9.17, 15) is 8.42 Å². The molecule has 1 aliphatic heterocycles. The number of halogens is 1. The first-order valence-electron chi connectivity index (χ1n) is 6.77. The first-order valence-corrected chi connectivity index (χ1v) is 8.59. The molecule has 0 unspecified atom stereocenters.